The second-order valence-corrected chi connectivity index (χ2v) is 7.19. The molecule has 10 heteroatoms. The summed E-state index contributed by atoms with van der Waals surface area (Å²) >= 11 is 6.00. The first-order chi connectivity index (χ1) is 14.8. The number of aromatic carboxylic acids is 1. The second-order valence-electron chi connectivity index (χ2n) is 6.78. The van der Waals surface area contributed by atoms with Crippen molar-refractivity contribution in [2.24, 2.45) is 0 Å². The molecule has 9 nitrogen and oxygen atoms in total. The number of anilines is 3. The van der Waals surface area contributed by atoms with Crippen molar-refractivity contribution in [3.8, 4) is 11.1 Å². The minimum absolute atomic E-state index is 0.0451. The fourth-order valence-electron chi connectivity index (χ4n) is 3.23. The zero-order valence-corrected chi connectivity index (χ0v) is 17.0. The zero-order chi connectivity index (χ0) is 22.1. The van der Waals surface area contributed by atoms with Crippen LogP contribution in [0.4, 0.5) is 22.0 Å². The molecule has 0 atom stereocenters. The van der Waals surface area contributed by atoms with Gasteiger partial charge in [0.1, 0.15) is 11.8 Å². The highest BCUT2D eigenvalue weighted by atomic mass is 35.5. The van der Waals surface area contributed by atoms with Crippen LogP contribution in [0.25, 0.3) is 16.6 Å². The largest absolute Gasteiger partial charge is 0.478 e. The maximum Gasteiger partial charge on any atom is 0.337 e. The number of fused-ring (bicyclic) bond motifs is 1. The minimum atomic E-state index is -1.11. The predicted molar refractivity (Wildman–Crippen MR) is 119 cm³/mol. The number of nitrogen functional groups attached to an aromatic ring is 1. The van der Waals surface area contributed by atoms with Gasteiger partial charge >= 0.3 is 12.0 Å². The van der Waals surface area contributed by atoms with Crippen LogP contribution >= 0.6 is 11.6 Å². The van der Waals surface area contributed by atoms with E-state index in [1.165, 1.54) is 17.0 Å². The van der Waals surface area contributed by atoms with Gasteiger partial charge in [-0.3, -0.25) is 0 Å². The third-order valence-corrected chi connectivity index (χ3v) is 5.10. The van der Waals surface area contributed by atoms with Crippen molar-refractivity contribution in [3.05, 3.63) is 71.1 Å². The molecule has 0 aliphatic rings. The maximum absolute atomic E-state index is 12.3. The van der Waals surface area contributed by atoms with E-state index in [0.717, 1.165) is 5.56 Å². The molecule has 156 valence electrons. The molecule has 4 aromatic rings. The maximum atomic E-state index is 12.3. The Kier molecular flexibility index (Phi) is 5.18. The number of nitrogens with one attached hydrogen (secondary N) is 2. The van der Waals surface area contributed by atoms with Gasteiger partial charge < -0.3 is 21.5 Å². The lowest BCUT2D eigenvalue weighted by atomic mass is 10.0. The number of benzene rings is 2. The Balaban J connectivity index is 1.59. The lowest BCUT2D eigenvalue weighted by Crippen LogP contribution is -2.19. The molecular weight excluding hydrogens is 420 g/mol. The lowest BCUT2D eigenvalue weighted by Gasteiger charge is -2.10. The van der Waals surface area contributed by atoms with Gasteiger partial charge in [-0.2, -0.15) is 5.10 Å². The molecule has 0 unspecified atom stereocenters. The molecule has 2 aromatic heterocycles. The highest BCUT2D eigenvalue weighted by Gasteiger charge is 2.21. The first-order valence-electron chi connectivity index (χ1n) is 9.13. The van der Waals surface area contributed by atoms with Gasteiger partial charge in [-0.25, -0.2) is 19.1 Å². The summed E-state index contributed by atoms with van der Waals surface area (Å²) in [6.07, 6.45) is 2.64. The van der Waals surface area contributed by atoms with Crippen molar-refractivity contribution in [1.82, 2.24) is 14.6 Å². The van der Waals surface area contributed by atoms with Gasteiger partial charge in [0, 0.05) is 28.2 Å². The van der Waals surface area contributed by atoms with Crippen LogP contribution in [-0.4, -0.2) is 31.7 Å². The number of carboxylic acid groups (broad SMARTS) is 1. The summed E-state index contributed by atoms with van der Waals surface area (Å²) < 4.78 is 1.38. The fraction of sp³-hybridized carbons (Fsp3) is 0.0476. The normalized spacial score (nSPS) is 10.8. The first-order valence-corrected chi connectivity index (χ1v) is 9.51. The molecule has 0 aliphatic carbocycles. The van der Waals surface area contributed by atoms with Crippen LogP contribution in [0.5, 0.6) is 0 Å². The van der Waals surface area contributed by atoms with Gasteiger partial charge in [0.2, 0.25) is 0 Å². The van der Waals surface area contributed by atoms with E-state index in [0.29, 0.717) is 33.0 Å². The topological polar surface area (TPSA) is 135 Å². The minimum Gasteiger partial charge on any atom is -0.478 e. The summed E-state index contributed by atoms with van der Waals surface area (Å²) in [5.74, 6) is -0.947. The number of hydrogen-bond donors (Lipinski definition) is 4. The molecular formula is C21H17ClN6O3. The van der Waals surface area contributed by atoms with E-state index >= 15 is 0 Å². The SMILES string of the molecule is Cc1cc(NC(=O)Nc2ccc(-c3c(C(=O)O)cn4ncnc(N)c34)cc2)ccc1Cl. The van der Waals surface area contributed by atoms with Crippen LogP contribution in [0.1, 0.15) is 15.9 Å². The van der Waals surface area contributed by atoms with E-state index < -0.39 is 12.0 Å². The van der Waals surface area contributed by atoms with Gasteiger partial charge in [0.25, 0.3) is 0 Å². The molecule has 0 radical (unpaired) electrons. The van der Waals surface area contributed by atoms with E-state index in [2.05, 4.69) is 20.7 Å². The Morgan fingerprint density at radius 3 is 2.45 bits per heavy atom. The molecule has 0 spiro atoms. The number of amides is 2. The highest BCUT2D eigenvalue weighted by Crippen LogP contribution is 2.33. The predicted octanol–water partition coefficient (Wildman–Crippen LogP) is 4.28. The Morgan fingerprint density at radius 2 is 1.77 bits per heavy atom. The summed E-state index contributed by atoms with van der Waals surface area (Å²) in [5, 5.41) is 19.7. The van der Waals surface area contributed by atoms with E-state index in [4.69, 9.17) is 17.3 Å². The Morgan fingerprint density at radius 1 is 1.10 bits per heavy atom. The van der Waals surface area contributed by atoms with Gasteiger partial charge in [-0.1, -0.05) is 23.7 Å². The highest BCUT2D eigenvalue weighted by molar-refractivity contribution is 6.31. The summed E-state index contributed by atoms with van der Waals surface area (Å²) in [6, 6.07) is 11.5. The second kappa shape index (κ2) is 7.96. The molecule has 4 rings (SSSR count). The summed E-state index contributed by atoms with van der Waals surface area (Å²) in [7, 11) is 0. The van der Waals surface area contributed by atoms with E-state index in [1.807, 2.05) is 6.92 Å². The first kappa shape index (κ1) is 20.2. The van der Waals surface area contributed by atoms with Gasteiger partial charge in [0.05, 0.1) is 5.56 Å². The molecule has 31 heavy (non-hydrogen) atoms. The molecule has 5 N–H and O–H groups in total. The third-order valence-electron chi connectivity index (χ3n) is 4.68. The standard InChI is InChI=1S/C21H17ClN6O3/c1-11-8-14(6-7-16(11)22)27-21(31)26-13-4-2-12(3-5-13)17-15(20(29)30)9-28-18(17)19(23)24-10-25-28/h2-10H,1H3,(H,29,30)(H2,23,24,25)(H2,26,27,31). The summed E-state index contributed by atoms with van der Waals surface area (Å²) in [4.78, 5) is 28.0. The Bertz CT molecular complexity index is 1320. The number of carbonyl (C=O) groups excluding carboxylic acids is 1. The molecule has 0 aliphatic heterocycles. The number of carboxylic acids is 1. The average molecular weight is 437 g/mol. The van der Waals surface area contributed by atoms with Gasteiger partial charge in [-0.05, 0) is 48.4 Å². The fourth-order valence-corrected chi connectivity index (χ4v) is 3.34. The lowest BCUT2D eigenvalue weighted by molar-refractivity contribution is 0.0697. The van der Waals surface area contributed by atoms with E-state index in [9.17, 15) is 14.7 Å². The van der Waals surface area contributed by atoms with Crippen LogP contribution in [0.3, 0.4) is 0 Å². The quantitative estimate of drug-likeness (QED) is 0.377. The monoisotopic (exact) mass is 436 g/mol. The molecule has 0 fully saturated rings. The molecule has 0 saturated carbocycles. The van der Waals surface area contributed by atoms with Crippen LogP contribution in [0.2, 0.25) is 5.02 Å². The van der Waals surface area contributed by atoms with Crippen LogP contribution in [0, 0.1) is 6.92 Å². The van der Waals surface area contributed by atoms with E-state index in [-0.39, 0.29) is 11.4 Å². The number of hydrogen-bond acceptors (Lipinski definition) is 5. The summed E-state index contributed by atoms with van der Waals surface area (Å²) in [5.41, 5.74) is 9.38. The number of urea groups is 1. The Hall–Kier alpha value is -4.11. The smallest absolute Gasteiger partial charge is 0.337 e. The van der Waals surface area contributed by atoms with Crippen LogP contribution < -0.4 is 16.4 Å². The van der Waals surface area contributed by atoms with Crippen molar-refractivity contribution in [2.75, 3.05) is 16.4 Å². The van der Waals surface area contributed by atoms with Crippen molar-refractivity contribution < 1.29 is 14.7 Å². The Labute approximate surface area is 181 Å². The third kappa shape index (κ3) is 3.99. The molecule has 2 aromatic carbocycles. The van der Waals surface area contributed by atoms with Gasteiger partial charge in [0.15, 0.2) is 5.82 Å². The number of carbonyl (C=O) groups is 2. The molecule has 2 heterocycles. The van der Waals surface area contributed by atoms with Crippen LogP contribution in [-0.2, 0) is 0 Å². The van der Waals surface area contributed by atoms with Crippen molar-refractivity contribution >= 4 is 46.3 Å². The van der Waals surface area contributed by atoms with Gasteiger partial charge in [-0.15, -0.1) is 0 Å². The number of aromatic nitrogens is 3. The van der Waals surface area contributed by atoms with Crippen LogP contribution in [0.15, 0.2) is 55.0 Å². The molecule has 2 amide bonds. The van der Waals surface area contributed by atoms with Crippen molar-refractivity contribution in [1.29, 1.82) is 0 Å². The average Bonchev–Trinajstić information content (AvgIpc) is 3.13. The van der Waals surface area contributed by atoms with E-state index in [1.54, 1.807) is 42.5 Å². The zero-order valence-electron chi connectivity index (χ0n) is 16.3. The molecule has 0 bridgehead atoms. The number of halogens is 1. The molecule has 0 saturated heterocycles. The number of nitrogens with two attached hydrogens (primary N) is 1. The van der Waals surface area contributed by atoms with Crippen molar-refractivity contribution in [2.45, 2.75) is 6.92 Å². The summed E-state index contributed by atoms with van der Waals surface area (Å²) in [6.45, 7) is 1.85. The number of nitrogens with zero attached hydrogens (tertiary/aromatic N) is 3. The number of aryl methyl sites for hydroxylation is 1. The number of rotatable bonds is 4. The van der Waals surface area contributed by atoms with Crippen molar-refractivity contribution in [3.63, 3.8) is 0 Å².